The summed E-state index contributed by atoms with van der Waals surface area (Å²) in [5.74, 6) is 0.532. The van der Waals surface area contributed by atoms with Gasteiger partial charge in [-0.15, -0.1) is 0 Å². The molecule has 1 aliphatic rings. The summed E-state index contributed by atoms with van der Waals surface area (Å²) < 4.78 is 5.22. The summed E-state index contributed by atoms with van der Waals surface area (Å²) in [4.78, 5) is 36.2. The van der Waals surface area contributed by atoms with E-state index in [-0.39, 0.29) is 17.5 Å². The molecule has 8 heteroatoms. The Kier molecular flexibility index (Phi) is 8.05. The van der Waals surface area contributed by atoms with Crippen LogP contribution in [0.15, 0.2) is 47.5 Å². The SMILES string of the molecule is CCN(c1cc(-c2ccnc(OC)c2)c[nH]c1=O)C1CCN(C(=O)C=CCNC(C)C)C1. The van der Waals surface area contributed by atoms with E-state index < -0.39 is 0 Å². The van der Waals surface area contributed by atoms with E-state index in [1.54, 1.807) is 25.6 Å². The van der Waals surface area contributed by atoms with E-state index in [1.807, 2.05) is 36.1 Å². The number of pyridine rings is 2. The minimum Gasteiger partial charge on any atom is -0.481 e. The van der Waals surface area contributed by atoms with Crippen LogP contribution in [0.25, 0.3) is 11.1 Å². The number of aromatic nitrogens is 2. The third-order valence-corrected chi connectivity index (χ3v) is 5.63. The quantitative estimate of drug-likeness (QED) is 0.583. The predicted molar refractivity (Wildman–Crippen MR) is 127 cm³/mol. The molecule has 1 fully saturated rings. The number of nitrogens with zero attached hydrogens (tertiary/aromatic N) is 3. The van der Waals surface area contributed by atoms with Gasteiger partial charge in [-0.2, -0.15) is 0 Å². The molecule has 0 aliphatic carbocycles. The molecule has 1 atom stereocenters. The maximum Gasteiger partial charge on any atom is 0.271 e. The molecule has 1 unspecified atom stereocenters. The summed E-state index contributed by atoms with van der Waals surface area (Å²) in [5.41, 5.74) is 2.26. The van der Waals surface area contributed by atoms with Crippen LogP contribution in [0.4, 0.5) is 5.69 Å². The summed E-state index contributed by atoms with van der Waals surface area (Å²) in [6.07, 6.45) is 7.71. The van der Waals surface area contributed by atoms with E-state index in [0.717, 1.165) is 17.5 Å². The number of H-pyrrole nitrogens is 1. The van der Waals surface area contributed by atoms with Gasteiger partial charge in [-0.25, -0.2) is 4.98 Å². The molecule has 0 aromatic carbocycles. The highest BCUT2D eigenvalue weighted by Gasteiger charge is 2.30. The van der Waals surface area contributed by atoms with Crippen LogP contribution in [0.5, 0.6) is 5.88 Å². The molecule has 1 saturated heterocycles. The Balaban J connectivity index is 1.74. The summed E-state index contributed by atoms with van der Waals surface area (Å²) in [7, 11) is 1.58. The highest BCUT2D eigenvalue weighted by molar-refractivity contribution is 5.88. The Labute approximate surface area is 189 Å². The number of amides is 1. The lowest BCUT2D eigenvalue weighted by molar-refractivity contribution is -0.125. The van der Waals surface area contributed by atoms with Crippen molar-refractivity contribution >= 4 is 11.6 Å². The molecule has 0 spiro atoms. The van der Waals surface area contributed by atoms with E-state index in [0.29, 0.717) is 43.8 Å². The molecule has 8 nitrogen and oxygen atoms in total. The maximum atomic E-state index is 12.7. The number of carbonyl (C=O) groups is 1. The number of methoxy groups -OCH3 is 1. The summed E-state index contributed by atoms with van der Waals surface area (Å²) in [5, 5.41) is 3.27. The first-order valence-corrected chi connectivity index (χ1v) is 11.1. The lowest BCUT2D eigenvalue weighted by Gasteiger charge is -2.29. The first kappa shape index (κ1) is 23.5. The third kappa shape index (κ3) is 5.76. The van der Waals surface area contributed by atoms with Crippen molar-refractivity contribution < 1.29 is 9.53 Å². The second-order valence-corrected chi connectivity index (χ2v) is 8.17. The molecule has 0 radical (unpaired) electrons. The highest BCUT2D eigenvalue weighted by Crippen LogP contribution is 2.26. The number of ether oxygens (including phenoxy) is 1. The van der Waals surface area contributed by atoms with Crippen molar-refractivity contribution in [2.45, 2.75) is 39.3 Å². The Morgan fingerprint density at radius 1 is 1.41 bits per heavy atom. The zero-order valence-corrected chi connectivity index (χ0v) is 19.3. The Morgan fingerprint density at radius 3 is 2.94 bits per heavy atom. The maximum absolute atomic E-state index is 12.7. The fourth-order valence-electron chi connectivity index (χ4n) is 3.94. The van der Waals surface area contributed by atoms with Gasteiger partial charge in [0.2, 0.25) is 11.8 Å². The van der Waals surface area contributed by atoms with E-state index in [4.69, 9.17) is 4.74 Å². The number of nitrogens with one attached hydrogen (secondary N) is 2. The average Bonchev–Trinajstić information content (AvgIpc) is 3.28. The molecule has 1 amide bonds. The van der Waals surface area contributed by atoms with Gasteiger partial charge >= 0.3 is 0 Å². The zero-order chi connectivity index (χ0) is 23.1. The van der Waals surface area contributed by atoms with Gasteiger partial charge in [0.1, 0.15) is 5.69 Å². The van der Waals surface area contributed by atoms with E-state index in [1.165, 1.54) is 0 Å². The van der Waals surface area contributed by atoms with Crippen molar-refractivity contribution in [3.05, 3.63) is 53.1 Å². The second-order valence-electron chi connectivity index (χ2n) is 8.17. The monoisotopic (exact) mass is 439 g/mol. The lowest BCUT2D eigenvalue weighted by Crippen LogP contribution is -2.41. The van der Waals surface area contributed by atoms with E-state index in [2.05, 4.69) is 34.0 Å². The molecular weight excluding hydrogens is 406 g/mol. The molecule has 3 rings (SSSR count). The Morgan fingerprint density at radius 2 is 2.22 bits per heavy atom. The molecule has 32 heavy (non-hydrogen) atoms. The minimum atomic E-state index is -0.138. The molecule has 172 valence electrons. The molecule has 0 bridgehead atoms. The van der Waals surface area contributed by atoms with Crippen LogP contribution >= 0.6 is 0 Å². The van der Waals surface area contributed by atoms with E-state index >= 15 is 0 Å². The van der Waals surface area contributed by atoms with Crippen molar-refractivity contribution in [2.24, 2.45) is 0 Å². The number of carbonyl (C=O) groups excluding carboxylic acids is 1. The van der Waals surface area contributed by atoms with E-state index in [9.17, 15) is 9.59 Å². The van der Waals surface area contributed by atoms with Crippen LogP contribution in [0, 0.1) is 0 Å². The van der Waals surface area contributed by atoms with Crippen LogP contribution in [0.1, 0.15) is 27.2 Å². The number of likely N-dealkylation sites (tertiary alicyclic amines) is 1. The van der Waals surface area contributed by atoms with Crippen LogP contribution in [0.3, 0.4) is 0 Å². The smallest absolute Gasteiger partial charge is 0.271 e. The van der Waals surface area contributed by atoms with Gasteiger partial charge < -0.3 is 24.8 Å². The number of anilines is 1. The Hall–Kier alpha value is -3.13. The number of rotatable bonds is 9. The van der Waals surface area contributed by atoms with Gasteiger partial charge in [0.25, 0.3) is 5.56 Å². The molecule has 2 aromatic heterocycles. The van der Waals surface area contributed by atoms with Crippen molar-refractivity contribution in [3.8, 4) is 17.0 Å². The predicted octanol–water partition coefficient (Wildman–Crippen LogP) is 2.43. The number of aromatic amines is 1. The van der Waals surface area contributed by atoms with Crippen molar-refractivity contribution in [1.82, 2.24) is 20.2 Å². The van der Waals surface area contributed by atoms with Crippen molar-refractivity contribution in [3.63, 3.8) is 0 Å². The standard InChI is InChI=1S/C24H33N5O3/c1-5-29(20-9-12-28(16-20)23(30)7-6-10-25-17(2)3)21-13-19(15-27-24(21)31)18-8-11-26-22(14-18)32-4/h6-8,11,13-15,17,20,25H,5,9-10,12,16H2,1-4H3,(H,27,31). The summed E-state index contributed by atoms with van der Waals surface area (Å²) in [6.45, 7) is 8.80. The minimum absolute atomic E-state index is 0.0145. The highest BCUT2D eigenvalue weighted by atomic mass is 16.5. The molecule has 2 aromatic rings. The largest absolute Gasteiger partial charge is 0.481 e. The van der Waals surface area contributed by atoms with Crippen LogP contribution in [0.2, 0.25) is 0 Å². The van der Waals surface area contributed by atoms with Crippen LogP contribution < -0.4 is 20.5 Å². The van der Waals surface area contributed by atoms with Gasteiger partial charge in [0, 0.05) is 68.4 Å². The normalized spacial score (nSPS) is 16.2. The average molecular weight is 440 g/mol. The summed E-state index contributed by atoms with van der Waals surface area (Å²) >= 11 is 0. The van der Waals surface area contributed by atoms with Crippen molar-refractivity contribution in [1.29, 1.82) is 0 Å². The van der Waals surface area contributed by atoms with Gasteiger partial charge in [-0.1, -0.05) is 19.9 Å². The molecule has 1 aliphatic heterocycles. The van der Waals surface area contributed by atoms with Gasteiger partial charge in [0.05, 0.1) is 7.11 Å². The second kappa shape index (κ2) is 10.9. The zero-order valence-electron chi connectivity index (χ0n) is 19.3. The fraction of sp³-hybridized carbons (Fsp3) is 0.458. The van der Waals surface area contributed by atoms with Gasteiger partial charge in [-0.3, -0.25) is 9.59 Å². The lowest BCUT2D eigenvalue weighted by atomic mass is 10.1. The number of hydrogen-bond acceptors (Lipinski definition) is 6. The Bertz CT molecular complexity index is 1000. The first-order chi connectivity index (χ1) is 15.4. The molecular formula is C24H33N5O3. The van der Waals surface area contributed by atoms with Gasteiger partial charge in [-0.05, 0) is 31.0 Å². The topological polar surface area (TPSA) is 90.6 Å². The van der Waals surface area contributed by atoms with Crippen LogP contribution in [-0.4, -0.2) is 66.1 Å². The van der Waals surface area contributed by atoms with Gasteiger partial charge in [0.15, 0.2) is 0 Å². The molecule has 2 N–H and O–H groups in total. The fourth-order valence-corrected chi connectivity index (χ4v) is 3.94. The molecule has 0 saturated carbocycles. The van der Waals surface area contributed by atoms with Crippen LogP contribution in [-0.2, 0) is 4.79 Å². The van der Waals surface area contributed by atoms with Crippen molar-refractivity contribution in [2.75, 3.05) is 38.2 Å². The third-order valence-electron chi connectivity index (χ3n) is 5.63. The first-order valence-electron chi connectivity index (χ1n) is 11.1. The number of likely N-dealkylation sites (N-methyl/N-ethyl adjacent to an activating group) is 1. The number of hydrogen-bond donors (Lipinski definition) is 2. The molecule has 3 heterocycles. The summed E-state index contributed by atoms with van der Waals surface area (Å²) in [6, 6.07) is 6.09.